The van der Waals surface area contributed by atoms with Crippen molar-refractivity contribution < 1.29 is 9.53 Å². The van der Waals surface area contributed by atoms with Crippen molar-refractivity contribution in [1.82, 2.24) is 15.1 Å². The zero-order chi connectivity index (χ0) is 14.5. The minimum Gasteiger partial charge on any atom is -0.378 e. The van der Waals surface area contributed by atoms with Crippen molar-refractivity contribution in [2.24, 2.45) is 5.92 Å². The average Bonchev–Trinajstić information content (AvgIpc) is 2.96. The lowest BCUT2D eigenvalue weighted by molar-refractivity contribution is 0.0564. The zero-order valence-corrected chi connectivity index (χ0v) is 13.0. The Morgan fingerprint density at radius 1 is 1.24 bits per heavy atom. The highest BCUT2D eigenvalue weighted by Gasteiger charge is 2.20. The SMILES string of the molecule is O=C(Nc1nnc(CC2CCCCC2)s1)N1CCOCC1. The largest absolute Gasteiger partial charge is 0.378 e. The summed E-state index contributed by atoms with van der Waals surface area (Å²) >= 11 is 1.51. The topological polar surface area (TPSA) is 67.4 Å². The molecule has 1 aromatic heterocycles. The van der Waals surface area contributed by atoms with E-state index in [9.17, 15) is 4.79 Å². The van der Waals surface area contributed by atoms with Crippen LogP contribution in [-0.2, 0) is 11.2 Å². The molecule has 2 aliphatic rings. The smallest absolute Gasteiger partial charge is 0.323 e. The molecule has 0 unspecified atom stereocenters. The van der Waals surface area contributed by atoms with Crippen LogP contribution in [-0.4, -0.2) is 47.4 Å². The molecule has 116 valence electrons. The van der Waals surface area contributed by atoms with Crippen molar-refractivity contribution in [2.75, 3.05) is 31.6 Å². The van der Waals surface area contributed by atoms with Crippen LogP contribution in [0, 0.1) is 5.92 Å². The molecule has 0 atom stereocenters. The van der Waals surface area contributed by atoms with Crippen LogP contribution < -0.4 is 5.32 Å². The second-order valence-corrected chi connectivity index (χ2v) is 6.80. The number of aromatic nitrogens is 2. The molecule has 0 spiro atoms. The highest BCUT2D eigenvalue weighted by atomic mass is 32.1. The Morgan fingerprint density at radius 3 is 2.76 bits per heavy atom. The Morgan fingerprint density at radius 2 is 2.00 bits per heavy atom. The van der Waals surface area contributed by atoms with E-state index in [0.717, 1.165) is 17.3 Å². The fourth-order valence-corrected chi connectivity index (χ4v) is 3.81. The summed E-state index contributed by atoms with van der Waals surface area (Å²) in [5.74, 6) is 0.745. The van der Waals surface area contributed by atoms with Gasteiger partial charge < -0.3 is 9.64 Å². The number of nitrogens with zero attached hydrogens (tertiary/aromatic N) is 3. The lowest BCUT2D eigenvalue weighted by Gasteiger charge is -2.26. The number of amides is 2. The quantitative estimate of drug-likeness (QED) is 0.931. The Labute approximate surface area is 128 Å². The summed E-state index contributed by atoms with van der Waals surface area (Å²) < 4.78 is 5.24. The van der Waals surface area contributed by atoms with Gasteiger partial charge in [-0.2, -0.15) is 0 Å². The Kier molecular flexibility index (Phi) is 5.03. The molecule has 1 N–H and O–H groups in total. The molecule has 1 aliphatic carbocycles. The molecule has 1 saturated heterocycles. The van der Waals surface area contributed by atoms with Crippen molar-refractivity contribution >= 4 is 22.5 Å². The molecule has 3 rings (SSSR count). The molecule has 2 fully saturated rings. The van der Waals surface area contributed by atoms with Gasteiger partial charge in [0.15, 0.2) is 0 Å². The van der Waals surface area contributed by atoms with Crippen molar-refractivity contribution in [3.05, 3.63) is 5.01 Å². The fourth-order valence-electron chi connectivity index (χ4n) is 2.96. The van der Waals surface area contributed by atoms with Crippen LogP contribution >= 0.6 is 11.3 Å². The van der Waals surface area contributed by atoms with Gasteiger partial charge in [-0.15, -0.1) is 10.2 Å². The van der Waals surface area contributed by atoms with Crippen LogP contribution in [0.5, 0.6) is 0 Å². The fraction of sp³-hybridized carbons (Fsp3) is 0.786. The van der Waals surface area contributed by atoms with Crippen molar-refractivity contribution in [3.8, 4) is 0 Å². The van der Waals surface area contributed by atoms with Crippen LogP contribution in [0.25, 0.3) is 0 Å². The summed E-state index contributed by atoms with van der Waals surface area (Å²) in [7, 11) is 0. The van der Waals surface area contributed by atoms with E-state index >= 15 is 0 Å². The molecule has 2 amide bonds. The molecule has 0 radical (unpaired) electrons. The van der Waals surface area contributed by atoms with E-state index in [-0.39, 0.29) is 6.03 Å². The number of rotatable bonds is 3. The molecule has 0 aromatic carbocycles. The van der Waals surface area contributed by atoms with Gasteiger partial charge in [-0.1, -0.05) is 43.4 Å². The average molecular weight is 310 g/mol. The van der Waals surface area contributed by atoms with Gasteiger partial charge in [0.1, 0.15) is 5.01 Å². The molecule has 2 heterocycles. The lowest BCUT2D eigenvalue weighted by Crippen LogP contribution is -2.43. The van der Waals surface area contributed by atoms with Gasteiger partial charge in [-0.3, -0.25) is 5.32 Å². The molecule has 1 saturated carbocycles. The van der Waals surface area contributed by atoms with Gasteiger partial charge in [-0.25, -0.2) is 4.79 Å². The highest BCUT2D eigenvalue weighted by Crippen LogP contribution is 2.28. The number of morpholine rings is 1. The first-order valence-electron chi connectivity index (χ1n) is 7.77. The van der Waals surface area contributed by atoms with E-state index in [0.29, 0.717) is 31.4 Å². The third kappa shape index (κ3) is 4.14. The molecule has 0 bridgehead atoms. The number of anilines is 1. The first-order chi connectivity index (χ1) is 10.3. The van der Waals surface area contributed by atoms with E-state index in [1.54, 1.807) is 4.90 Å². The van der Waals surface area contributed by atoms with E-state index < -0.39 is 0 Å². The maximum atomic E-state index is 12.1. The number of hydrogen-bond acceptors (Lipinski definition) is 5. The molecule has 21 heavy (non-hydrogen) atoms. The first-order valence-corrected chi connectivity index (χ1v) is 8.59. The third-order valence-electron chi connectivity index (χ3n) is 4.17. The molecular weight excluding hydrogens is 288 g/mol. The van der Waals surface area contributed by atoms with E-state index in [2.05, 4.69) is 15.5 Å². The number of nitrogens with one attached hydrogen (secondary N) is 1. The Hall–Kier alpha value is -1.21. The summed E-state index contributed by atoms with van der Waals surface area (Å²) in [5, 5.41) is 12.8. The third-order valence-corrected chi connectivity index (χ3v) is 5.03. The van der Waals surface area contributed by atoms with Gasteiger partial charge in [0.25, 0.3) is 0 Å². The number of urea groups is 1. The Bertz CT molecular complexity index is 467. The predicted molar refractivity (Wildman–Crippen MR) is 81.6 cm³/mol. The minimum atomic E-state index is -0.0985. The molecule has 1 aliphatic heterocycles. The van der Waals surface area contributed by atoms with Gasteiger partial charge in [0, 0.05) is 19.5 Å². The summed E-state index contributed by atoms with van der Waals surface area (Å²) in [4.78, 5) is 13.8. The van der Waals surface area contributed by atoms with Crippen LogP contribution in [0.4, 0.5) is 9.93 Å². The highest BCUT2D eigenvalue weighted by molar-refractivity contribution is 7.15. The lowest BCUT2D eigenvalue weighted by atomic mass is 9.87. The van der Waals surface area contributed by atoms with Crippen molar-refractivity contribution in [1.29, 1.82) is 0 Å². The van der Waals surface area contributed by atoms with Crippen molar-refractivity contribution in [2.45, 2.75) is 38.5 Å². The number of carbonyl (C=O) groups is 1. The van der Waals surface area contributed by atoms with Crippen LogP contribution in [0.3, 0.4) is 0 Å². The van der Waals surface area contributed by atoms with Crippen LogP contribution in [0.2, 0.25) is 0 Å². The predicted octanol–water partition coefficient (Wildman–Crippen LogP) is 2.53. The molecule has 7 heteroatoms. The Balaban J connectivity index is 1.50. The summed E-state index contributed by atoms with van der Waals surface area (Å²) in [6.45, 7) is 2.49. The normalized spacial score (nSPS) is 20.5. The summed E-state index contributed by atoms with van der Waals surface area (Å²) in [6.07, 6.45) is 7.65. The van der Waals surface area contributed by atoms with Crippen LogP contribution in [0.1, 0.15) is 37.1 Å². The van der Waals surface area contributed by atoms with Crippen LogP contribution in [0.15, 0.2) is 0 Å². The van der Waals surface area contributed by atoms with Crippen molar-refractivity contribution in [3.63, 3.8) is 0 Å². The molecular formula is C14H22N4O2S. The minimum absolute atomic E-state index is 0.0985. The second-order valence-electron chi connectivity index (χ2n) is 5.74. The van der Waals surface area contributed by atoms with E-state index in [4.69, 9.17) is 4.74 Å². The van der Waals surface area contributed by atoms with Gasteiger partial charge in [0.2, 0.25) is 5.13 Å². The van der Waals surface area contributed by atoms with E-state index in [1.807, 2.05) is 0 Å². The summed E-state index contributed by atoms with van der Waals surface area (Å²) in [5.41, 5.74) is 0. The van der Waals surface area contributed by atoms with Gasteiger partial charge in [0.05, 0.1) is 13.2 Å². The maximum Gasteiger partial charge on any atom is 0.323 e. The maximum absolute atomic E-state index is 12.1. The van der Waals surface area contributed by atoms with Gasteiger partial charge >= 0.3 is 6.03 Å². The zero-order valence-electron chi connectivity index (χ0n) is 12.2. The number of carbonyl (C=O) groups excluding carboxylic acids is 1. The molecule has 1 aromatic rings. The van der Waals surface area contributed by atoms with Gasteiger partial charge in [-0.05, 0) is 5.92 Å². The summed E-state index contributed by atoms with van der Waals surface area (Å²) in [6, 6.07) is -0.0985. The molecule has 6 nitrogen and oxygen atoms in total. The number of hydrogen-bond donors (Lipinski definition) is 1. The van der Waals surface area contributed by atoms with E-state index in [1.165, 1.54) is 43.4 Å². The number of ether oxygens (including phenoxy) is 1. The monoisotopic (exact) mass is 310 g/mol. The first kappa shape index (κ1) is 14.7. The standard InChI is InChI=1S/C14H22N4O2S/c19-14(18-6-8-20-9-7-18)15-13-17-16-12(21-13)10-11-4-2-1-3-5-11/h11H,1-10H2,(H,15,17,19). The second kappa shape index (κ2) is 7.17.